The summed E-state index contributed by atoms with van der Waals surface area (Å²) in [5, 5.41) is 3.13. The highest BCUT2D eigenvalue weighted by Crippen LogP contribution is 2.22. The quantitative estimate of drug-likeness (QED) is 0.747. The van der Waals surface area contributed by atoms with Crippen LogP contribution in [0.1, 0.15) is 57.1 Å². The first kappa shape index (κ1) is 22.3. The van der Waals surface area contributed by atoms with Gasteiger partial charge in [-0.1, -0.05) is 43.7 Å². The van der Waals surface area contributed by atoms with Crippen LogP contribution in [0, 0.1) is 18.8 Å². The summed E-state index contributed by atoms with van der Waals surface area (Å²) in [6, 6.07) is 8.24. The smallest absolute Gasteiger partial charge is 0.225 e. The standard InChI is InChI=1S/C24H35N3O3/c1-4-19(5-2)24(30)26-12-10-21(11-13-26)25-23(29)20-14-22(28)27(16-20)15-18-8-6-17(3)7-9-18/h6-9,19-21H,4-5,10-16H2,1-3H3,(H,25,29). The number of carbonyl (C=O) groups excluding carboxylic acids is 3. The van der Waals surface area contributed by atoms with E-state index >= 15 is 0 Å². The highest BCUT2D eigenvalue weighted by atomic mass is 16.2. The number of amides is 3. The number of rotatable bonds is 7. The van der Waals surface area contributed by atoms with Gasteiger partial charge in [0.15, 0.2) is 0 Å². The molecule has 2 aliphatic heterocycles. The van der Waals surface area contributed by atoms with Gasteiger partial charge in [0.1, 0.15) is 0 Å². The Morgan fingerprint density at radius 2 is 1.73 bits per heavy atom. The molecule has 0 aromatic heterocycles. The minimum atomic E-state index is -0.285. The molecule has 3 rings (SSSR count). The van der Waals surface area contributed by atoms with Crippen molar-refractivity contribution in [1.82, 2.24) is 15.1 Å². The van der Waals surface area contributed by atoms with E-state index in [2.05, 4.69) is 19.2 Å². The molecule has 164 valence electrons. The van der Waals surface area contributed by atoms with Gasteiger partial charge in [0.2, 0.25) is 17.7 Å². The molecule has 2 aliphatic rings. The Hall–Kier alpha value is -2.37. The average Bonchev–Trinajstić information content (AvgIpc) is 3.11. The van der Waals surface area contributed by atoms with Gasteiger partial charge >= 0.3 is 0 Å². The van der Waals surface area contributed by atoms with Gasteiger partial charge in [0.25, 0.3) is 0 Å². The molecule has 3 amide bonds. The van der Waals surface area contributed by atoms with Crippen molar-refractivity contribution in [2.45, 2.75) is 65.5 Å². The van der Waals surface area contributed by atoms with Gasteiger partial charge in [-0.05, 0) is 38.2 Å². The van der Waals surface area contributed by atoms with Gasteiger partial charge in [-0.25, -0.2) is 0 Å². The van der Waals surface area contributed by atoms with Gasteiger partial charge in [0.05, 0.1) is 5.92 Å². The van der Waals surface area contributed by atoms with Gasteiger partial charge in [-0.15, -0.1) is 0 Å². The Bertz CT molecular complexity index is 749. The number of hydrogen-bond acceptors (Lipinski definition) is 3. The molecular weight excluding hydrogens is 378 g/mol. The van der Waals surface area contributed by atoms with Crippen molar-refractivity contribution in [3.8, 4) is 0 Å². The second-order valence-electron chi connectivity index (χ2n) is 8.78. The maximum atomic E-state index is 12.7. The number of hydrogen-bond donors (Lipinski definition) is 1. The molecule has 6 nitrogen and oxygen atoms in total. The first-order chi connectivity index (χ1) is 14.4. The Balaban J connectivity index is 1.46. The van der Waals surface area contributed by atoms with E-state index in [0.29, 0.717) is 26.2 Å². The first-order valence-electron chi connectivity index (χ1n) is 11.3. The highest BCUT2D eigenvalue weighted by Gasteiger charge is 2.35. The van der Waals surface area contributed by atoms with Crippen molar-refractivity contribution >= 4 is 17.7 Å². The summed E-state index contributed by atoms with van der Waals surface area (Å²) in [6.45, 7) is 8.59. The number of nitrogens with one attached hydrogen (secondary N) is 1. The monoisotopic (exact) mass is 413 g/mol. The molecular formula is C24H35N3O3. The van der Waals surface area contributed by atoms with Gasteiger partial charge in [-0.2, -0.15) is 0 Å². The lowest BCUT2D eigenvalue weighted by Gasteiger charge is -2.34. The van der Waals surface area contributed by atoms with Crippen LogP contribution in [0.3, 0.4) is 0 Å². The minimum absolute atomic E-state index is 0.0282. The molecule has 0 saturated carbocycles. The van der Waals surface area contributed by atoms with Crippen LogP contribution in [-0.2, 0) is 20.9 Å². The van der Waals surface area contributed by atoms with E-state index in [1.54, 1.807) is 4.90 Å². The van der Waals surface area contributed by atoms with Gasteiger partial charge in [-0.3, -0.25) is 14.4 Å². The van der Waals surface area contributed by atoms with E-state index in [1.807, 2.05) is 36.1 Å². The van der Waals surface area contributed by atoms with Crippen LogP contribution in [0.5, 0.6) is 0 Å². The van der Waals surface area contributed by atoms with Crippen molar-refractivity contribution < 1.29 is 14.4 Å². The summed E-state index contributed by atoms with van der Waals surface area (Å²) >= 11 is 0. The SMILES string of the molecule is CCC(CC)C(=O)N1CCC(NC(=O)C2CC(=O)N(Cc3ccc(C)cc3)C2)CC1. The Morgan fingerprint density at radius 3 is 2.33 bits per heavy atom. The summed E-state index contributed by atoms with van der Waals surface area (Å²) < 4.78 is 0. The van der Waals surface area contributed by atoms with Crippen LogP contribution >= 0.6 is 0 Å². The first-order valence-corrected chi connectivity index (χ1v) is 11.3. The van der Waals surface area contributed by atoms with E-state index in [0.717, 1.165) is 31.2 Å². The fourth-order valence-corrected chi connectivity index (χ4v) is 4.47. The summed E-state index contributed by atoms with van der Waals surface area (Å²) in [5.74, 6) is 0.0890. The number of carbonyl (C=O) groups is 3. The number of benzene rings is 1. The van der Waals surface area contributed by atoms with Crippen molar-refractivity contribution in [1.29, 1.82) is 0 Å². The number of nitrogens with zero attached hydrogens (tertiary/aromatic N) is 2. The van der Waals surface area contributed by atoms with Gasteiger partial charge < -0.3 is 15.1 Å². The summed E-state index contributed by atoms with van der Waals surface area (Å²) in [5.41, 5.74) is 2.28. The minimum Gasteiger partial charge on any atom is -0.353 e. The molecule has 2 heterocycles. The second kappa shape index (κ2) is 10.1. The normalized spacial score (nSPS) is 20.1. The average molecular weight is 414 g/mol. The van der Waals surface area contributed by atoms with Crippen LogP contribution in [0.2, 0.25) is 0 Å². The van der Waals surface area contributed by atoms with Crippen LogP contribution < -0.4 is 5.32 Å². The maximum Gasteiger partial charge on any atom is 0.225 e. The molecule has 2 saturated heterocycles. The van der Waals surface area contributed by atoms with E-state index in [1.165, 1.54) is 5.56 Å². The third-order valence-electron chi connectivity index (χ3n) is 6.57. The Kier molecular flexibility index (Phi) is 7.51. The van der Waals surface area contributed by atoms with Crippen LogP contribution in [0.15, 0.2) is 24.3 Å². The predicted octanol–water partition coefficient (Wildman–Crippen LogP) is 2.89. The highest BCUT2D eigenvalue weighted by molar-refractivity contribution is 5.89. The van der Waals surface area contributed by atoms with Crippen molar-refractivity contribution in [3.63, 3.8) is 0 Å². The van der Waals surface area contributed by atoms with Crippen molar-refractivity contribution in [2.75, 3.05) is 19.6 Å². The Morgan fingerprint density at radius 1 is 1.10 bits per heavy atom. The zero-order chi connectivity index (χ0) is 21.7. The van der Waals surface area contributed by atoms with Crippen LogP contribution in [-0.4, -0.2) is 53.2 Å². The van der Waals surface area contributed by atoms with E-state index in [9.17, 15) is 14.4 Å². The van der Waals surface area contributed by atoms with Gasteiger partial charge in [0, 0.05) is 44.6 Å². The molecule has 0 spiro atoms. The van der Waals surface area contributed by atoms with Crippen molar-refractivity contribution in [3.05, 3.63) is 35.4 Å². The molecule has 0 aliphatic carbocycles. The van der Waals surface area contributed by atoms with Crippen molar-refractivity contribution in [2.24, 2.45) is 11.8 Å². The lowest BCUT2D eigenvalue weighted by atomic mass is 9.98. The van der Waals surface area contributed by atoms with Crippen LogP contribution in [0.25, 0.3) is 0 Å². The van der Waals surface area contributed by atoms with E-state index in [-0.39, 0.29) is 42.0 Å². The summed E-state index contributed by atoms with van der Waals surface area (Å²) in [6.07, 6.45) is 3.60. The number of piperidine rings is 1. The zero-order valence-corrected chi connectivity index (χ0v) is 18.5. The zero-order valence-electron chi connectivity index (χ0n) is 18.5. The molecule has 6 heteroatoms. The third kappa shape index (κ3) is 5.41. The molecule has 2 fully saturated rings. The van der Waals surface area contributed by atoms with E-state index in [4.69, 9.17) is 0 Å². The molecule has 1 unspecified atom stereocenters. The fourth-order valence-electron chi connectivity index (χ4n) is 4.47. The molecule has 30 heavy (non-hydrogen) atoms. The summed E-state index contributed by atoms with van der Waals surface area (Å²) in [4.78, 5) is 41.4. The third-order valence-corrected chi connectivity index (χ3v) is 6.57. The molecule has 0 radical (unpaired) electrons. The fraction of sp³-hybridized carbons (Fsp3) is 0.625. The predicted molar refractivity (Wildman–Crippen MR) is 117 cm³/mol. The second-order valence-corrected chi connectivity index (χ2v) is 8.78. The molecule has 1 aromatic rings. The molecule has 1 atom stereocenters. The molecule has 1 N–H and O–H groups in total. The maximum absolute atomic E-state index is 12.7. The lowest BCUT2D eigenvalue weighted by Crippen LogP contribution is -2.49. The summed E-state index contributed by atoms with van der Waals surface area (Å²) in [7, 11) is 0. The lowest BCUT2D eigenvalue weighted by molar-refractivity contribution is -0.137. The molecule has 1 aromatic carbocycles. The van der Waals surface area contributed by atoms with Crippen LogP contribution in [0.4, 0.5) is 0 Å². The topological polar surface area (TPSA) is 69.7 Å². The largest absolute Gasteiger partial charge is 0.353 e. The Labute approximate surface area is 180 Å². The molecule has 0 bridgehead atoms. The number of aryl methyl sites for hydroxylation is 1. The van der Waals surface area contributed by atoms with E-state index < -0.39 is 0 Å². The number of likely N-dealkylation sites (tertiary alicyclic amines) is 2.